The summed E-state index contributed by atoms with van der Waals surface area (Å²) < 4.78 is 1.73. The maximum Gasteiger partial charge on any atom is 0.328 e. The van der Waals surface area contributed by atoms with E-state index < -0.39 is 17.2 Å². The van der Waals surface area contributed by atoms with Crippen LogP contribution in [0.5, 0.6) is 0 Å². The first-order valence-corrected chi connectivity index (χ1v) is 8.13. The molecule has 7 nitrogen and oxygen atoms in total. The van der Waals surface area contributed by atoms with Gasteiger partial charge in [0.25, 0.3) is 11.5 Å². The van der Waals surface area contributed by atoms with Gasteiger partial charge in [0.05, 0.1) is 12.2 Å². The minimum atomic E-state index is -0.679. The number of carbonyl (C=O) groups excluding carboxylic acids is 1. The Labute approximate surface area is 150 Å². The molecule has 1 aromatic carbocycles. The van der Waals surface area contributed by atoms with Gasteiger partial charge in [0.15, 0.2) is 0 Å². The Kier molecular flexibility index (Phi) is 4.90. The smallest absolute Gasteiger partial charge is 0.322 e. The molecule has 0 saturated heterocycles. The fourth-order valence-corrected chi connectivity index (χ4v) is 2.64. The minimum Gasteiger partial charge on any atom is -0.322 e. The number of aromatic amines is 1. The van der Waals surface area contributed by atoms with E-state index in [2.05, 4.69) is 31.2 Å². The van der Waals surface area contributed by atoms with Crippen molar-refractivity contribution in [1.82, 2.24) is 14.5 Å². The van der Waals surface area contributed by atoms with Crippen LogP contribution in [0.1, 0.15) is 16.1 Å². The van der Waals surface area contributed by atoms with Crippen LogP contribution in [-0.4, -0.2) is 20.4 Å². The van der Waals surface area contributed by atoms with Gasteiger partial charge in [-0.15, -0.1) is 0 Å². The Balaban J connectivity index is 1.92. The van der Waals surface area contributed by atoms with E-state index in [1.54, 1.807) is 42.6 Å². The molecule has 0 fully saturated rings. The Morgan fingerprint density at radius 1 is 1.20 bits per heavy atom. The average molecular weight is 401 g/mol. The molecule has 2 heterocycles. The topological polar surface area (TPSA) is 96.8 Å². The van der Waals surface area contributed by atoms with E-state index in [9.17, 15) is 14.4 Å². The van der Waals surface area contributed by atoms with E-state index in [0.29, 0.717) is 11.4 Å². The summed E-state index contributed by atoms with van der Waals surface area (Å²) in [5.74, 6) is -0.603. The monoisotopic (exact) mass is 400 g/mol. The zero-order valence-corrected chi connectivity index (χ0v) is 14.5. The Hall–Kier alpha value is -3.00. The van der Waals surface area contributed by atoms with Gasteiger partial charge in [0, 0.05) is 22.6 Å². The van der Waals surface area contributed by atoms with Gasteiger partial charge in [-0.25, -0.2) is 4.79 Å². The lowest BCUT2D eigenvalue weighted by Gasteiger charge is -2.08. The molecule has 3 aromatic rings. The highest BCUT2D eigenvalue weighted by atomic mass is 79.9. The van der Waals surface area contributed by atoms with E-state index in [4.69, 9.17) is 0 Å². The number of hydrogen-bond donors (Lipinski definition) is 2. The maximum atomic E-state index is 12.5. The highest BCUT2D eigenvalue weighted by molar-refractivity contribution is 9.10. The number of pyridine rings is 1. The second-order valence-electron chi connectivity index (χ2n) is 5.18. The van der Waals surface area contributed by atoms with E-state index in [0.717, 1.165) is 15.2 Å². The molecular formula is C17H13BrN4O3. The summed E-state index contributed by atoms with van der Waals surface area (Å²) in [7, 11) is 0. The van der Waals surface area contributed by atoms with Crippen LogP contribution >= 0.6 is 15.9 Å². The maximum absolute atomic E-state index is 12.5. The number of amides is 1. The Morgan fingerprint density at radius 3 is 2.76 bits per heavy atom. The molecule has 0 saturated carbocycles. The molecular weight excluding hydrogens is 388 g/mol. The van der Waals surface area contributed by atoms with Gasteiger partial charge in [0.2, 0.25) is 0 Å². The third-order valence-corrected chi connectivity index (χ3v) is 3.93. The van der Waals surface area contributed by atoms with Crippen molar-refractivity contribution in [2.24, 2.45) is 0 Å². The van der Waals surface area contributed by atoms with Gasteiger partial charge in [-0.3, -0.25) is 19.1 Å². The molecule has 3 rings (SSSR count). The van der Waals surface area contributed by atoms with Crippen LogP contribution in [0.2, 0.25) is 0 Å². The highest BCUT2D eigenvalue weighted by Gasteiger charge is 2.15. The summed E-state index contributed by atoms with van der Waals surface area (Å²) in [6.45, 7) is -0.0208. The van der Waals surface area contributed by atoms with Crippen molar-refractivity contribution in [3.63, 3.8) is 0 Å². The molecule has 0 aliphatic carbocycles. The zero-order valence-electron chi connectivity index (χ0n) is 12.9. The zero-order chi connectivity index (χ0) is 17.8. The van der Waals surface area contributed by atoms with Crippen LogP contribution in [-0.2, 0) is 6.54 Å². The standard InChI is InChI=1S/C17H13BrN4O3/c18-11-4-3-6-12(8-11)21-15(23)14-9-20-17(25)22(16(14)24)10-13-5-1-2-7-19-13/h1-9H,10H2,(H,20,25)(H,21,23). The van der Waals surface area contributed by atoms with E-state index in [1.165, 1.54) is 0 Å². The van der Waals surface area contributed by atoms with Crippen molar-refractivity contribution in [1.29, 1.82) is 0 Å². The third-order valence-electron chi connectivity index (χ3n) is 3.43. The predicted molar refractivity (Wildman–Crippen MR) is 96.8 cm³/mol. The fraction of sp³-hybridized carbons (Fsp3) is 0.0588. The van der Waals surface area contributed by atoms with Gasteiger partial charge < -0.3 is 10.3 Å². The van der Waals surface area contributed by atoms with Crippen LogP contribution in [0.25, 0.3) is 0 Å². The molecule has 25 heavy (non-hydrogen) atoms. The third kappa shape index (κ3) is 3.92. The van der Waals surface area contributed by atoms with Crippen LogP contribution in [0.15, 0.2) is 68.9 Å². The quantitative estimate of drug-likeness (QED) is 0.699. The van der Waals surface area contributed by atoms with E-state index in [-0.39, 0.29) is 12.1 Å². The van der Waals surface area contributed by atoms with Crippen LogP contribution in [0.3, 0.4) is 0 Å². The van der Waals surface area contributed by atoms with Crippen molar-refractivity contribution in [2.45, 2.75) is 6.54 Å². The van der Waals surface area contributed by atoms with Crippen molar-refractivity contribution in [3.8, 4) is 0 Å². The fourth-order valence-electron chi connectivity index (χ4n) is 2.24. The molecule has 2 aromatic heterocycles. The lowest BCUT2D eigenvalue weighted by molar-refractivity contribution is 0.102. The molecule has 2 N–H and O–H groups in total. The lowest BCUT2D eigenvalue weighted by Crippen LogP contribution is -2.39. The highest BCUT2D eigenvalue weighted by Crippen LogP contribution is 2.15. The minimum absolute atomic E-state index is 0.0208. The number of carbonyl (C=O) groups is 1. The molecule has 0 aliphatic rings. The molecule has 1 amide bonds. The van der Waals surface area contributed by atoms with Crippen LogP contribution in [0.4, 0.5) is 5.69 Å². The second kappa shape index (κ2) is 7.27. The Bertz CT molecular complexity index is 1030. The summed E-state index contributed by atoms with van der Waals surface area (Å²) in [5.41, 5.74) is -0.368. The number of H-pyrrole nitrogens is 1. The lowest BCUT2D eigenvalue weighted by atomic mass is 10.2. The molecule has 0 aliphatic heterocycles. The van der Waals surface area contributed by atoms with Crippen LogP contribution < -0.4 is 16.6 Å². The first kappa shape index (κ1) is 16.8. The second-order valence-corrected chi connectivity index (χ2v) is 6.10. The van der Waals surface area contributed by atoms with Gasteiger partial charge in [-0.2, -0.15) is 0 Å². The summed E-state index contributed by atoms with van der Waals surface area (Å²) in [4.78, 5) is 43.4. The molecule has 0 spiro atoms. The number of aromatic nitrogens is 3. The summed E-state index contributed by atoms with van der Waals surface area (Å²) >= 11 is 3.31. The molecule has 8 heteroatoms. The molecule has 0 radical (unpaired) electrons. The van der Waals surface area contributed by atoms with Gasteiger partial charge in [-0.1, -0.05) is 28.1 Å². The molecule has 0 atom stereocenters. The summed E-state index contributed by atoms with van der Waals surface area (Å²) in [5, 5.41) is 2.63. The average Bonchev–Trinajstić information content (AvgIpc) is 2.59. The van der Waals surface area contributed by atoms with Gasteiger partial charge in [0.1, 0.15) is 5.56 Å². The Morgan fingerprint density at radius 2 is 2.04 bits per heavy atom. The summed E-state index contributed by atoms with van der Waals surface area (Å²) in [6.07, 6.45) is 2.69. The first-order valence-electron chi connectivity index (χ1n) is 7.34. The van der Waals surface area contributed by atoms with Gasteiger partial charge in [-0.05, 0) is 30.3 Å². The normalized spacial score (nSPS) is 10.4. The summed E-state index contributed by atoms with van der Waals surface area (Å²) in [6, 6.07) is 12.2. The van der Waals surface area contributed by atoms with Crippen molar-refractivity contribution < 1.29 is 4.79 Å². The van der Waals surface area contributed by atoms with Crippen molar-refractivity contribution in [2.75, 3.05) is 5.32 Å². The number of halogens is 1. The molecule has 126 valence electrons. The number of rotatable bonds is 4. The SMILES string of the molecule is O=C(Nc1cccc(Br)c1)c1c[nH]c(=O)n(Cc2ccccn2)c1=O. The molecule has 0 unspecified atom stereocenters. The van der Waals surface area contributed by atoms with Crippen LogP contribution in [0, 0.1) is 0 Å². The van der Waals surface area contributed by atoms with Crippen molar-refractivity contribution in [3.05, 3.63) is 91.4 Å². The number of hydrogen-bond acceptors (Lipinski definition) is 4. The molecule has 0 bridgehead atoms. The predicted octanol–water partition coefficient (Wildman–Crippen LogP) is 1.99. The first-order chi connectivity index (χ1) is 12.0. The number of anilines is 1. The van der Waals surface area contributed by atoms with E-state index >= 15 is 0 Å². The number of benzene rings is 1. The largest absolute Gasteiger partial charge is 0.328 e. The van der Waals surface area contributed by atoms with Gasteiger partial charge >= 0.3 is 5.69 Å². The van der Waals surface area contributed by atoms with E-state index in [1.807, 2.05) is 6.07 Å². The van der Waals surface area contributed by atoms with Crippen molar-refractivity contribution >= 4 is 27.5 Å². The number of nitrogens with one attached hydrogen (secondary N) is 2. The number of nitrogens with zero attached hydrogens (tertiary/aromatic N) is 2.